The van der Waals surface area contributed by atoms with Crippen LogP contribution in [0.1, 0.15) is 15.9 Å². The summed E-state index contributed by atoms with van der Waals surface area (Å²) in [6.07, 6.45) is 0. The zero-order valence-corrected chi connectivity index (χ0v) is 10.8. The second-order valence-electron chi connectivity index (χ2n) is 4.15. The number of nitrogens with one attached hydrogen (secondary N) is 1. The molecule has 0 unspecified atom stereocenters. The van der Waals surface area contributed by atoms with Gasteiger partial charge in [0.2, 0.25) is 0 Å². The number of hydrogen-bond donors (Lipinski definition) is 2. The molecule has 0 bridgehead atoms. The maximum Gasteiger partial charge on any atom is 0.259 e. The van der Waals surface area contributed by atoms with Gasteiger partial charge in [-0.25, -0.2) is 0 Å². The molecule has 2 aromatic rings. The van der Waals surface area contributed by atoms with Crippen LogP contribution in [0.25, 0.3) is 0 Å². The smallest absolute Gasteiger partial charge is 0.259 e. The molecule has 2 aromatic carbocycles. The van der Waals surface area contributed by atoms with E-state index in [4.69, 9.17) is 4.74 Å². The van der Waals surface area contributed by atoms with Gasteiger partial charge in [0.1, 0.15) is 11.5 Å². The predicted octanol–water partition coefficient (Wildman–Crippen LogP) is 2.96. The highest BCUT2D eigenvalue weighted by Gasteiger charge is 2.12. The number of methoxy groups -OCH3 is 1. The highest BCUT2D eigenvalue weighted by Crippen LogP contribution is 2.24. The highest BCUT2D eigenvalue weighted by atomic mass is 16.5. The molecule has 19 heavy (non-hydrogen) atoms. The van der Waals surface area contributed by atoms with E-state index < -0.39 is 0 Å². The molecule has 0 spiro atoms. The van der Waals surface area contributed by atoms with Gasteiger partial charge in [0.15, 0.2) is 0 Å². The van der Waals surface area contributed by atoms with E-state index in [2.05, 4.69) is 5.32 Å². The third kappa shape index (κ3) is 2.85. The molecule has 0 atom stereocenters. The molecule has 0 aliphatic rings. The van der Waals surface area contributed by atoms with Gasteiger partial charge in [0.25, 0.3) is 5.91 Å². The molecule has 0 aromatic heterocycles. The highest BCUT2D eigenvalue weighted by molar-refractivity contribution is 6.06. The molecule has 0 fully saturated rings. The van der Waals surface area contributed by atoms with Crippen LogP contribution in [-0.4, -0.2) is 18.1 Å². The first-order valence-electron chi connectivity index (χ1n) is 5.86. The third-order valence-corrected chi connectivity index (χ3v) is 2.84. The standard InChI is InChI=1S/C15H15NO3/c1-10-5-3-4-6-13(10)16-15(18)12-8-7-11(19-2)9-14(12)17/h3-9,17H,1-2H3,(H,16,18). The first-order valence-corrected chi connectivity index (χ1v) is 5.86. The summed E-state index contributed by atoms with van der Waals surface area (Å²) >= 11 is 0. The normalized spacial score (nSPS) is 10.0. The maximum absolute atomic E-state index is 12.1. The van der Waals surface area contributed by atoms with E-state index in [1.807, 2.05) is 31.2 Å². The Morgan fingerprint density at radius 1 is 1.21 bits per heavy atom. The molecule has 0 aliphatic heterocycles. The van der Waals surface area contributed by atoms with E-state index >= 15 is 0 Å². The topological polar surface area (TPSA) is 58.6 Å². The summed E-state index contributed by atoms with van der Waals surface area (Å²) in [5.41, 5.74) is 1.90. The summed E-state index contributed by atoms with van der Waals surface area (Å²) in [4.78, 5) is 12.1. The second kappa shape index (κ2) is 5.44. The van der Waals surface area contributed by atoms with Crippen LogP contribution in [0.15, 0.2) is 42.5 Å². The van der Waals surface area contributed by atoms with Crippen molar-refractivity contribution in [2.45, 2.75) is 6.92 Å². The van der Waals surface area contributed by atoms with Crippen LogP contribution >= 0.6 is 0 Å². The zero-order chi connectivity index (χ0) is 13.8. The number of benzene rings is 2. The number of amides is 1. The van der Waals surface area contributed by atoms with Gasteiger partial charge in [-0.1, -0.05) is 18.2 Å². The lowest BCUT2D eigenvalue weighted by Gasteiger charge is -2.10. The molecule has 0 aliphatic carbocycles. The van der Waals surface area contributed by atoms with Gasteiger partial charge in [-0.2, -0.15) is 0 Å². The number of phenolic OH excluding ortho intramolecular Hbond substituents is 1. The van der Waals surface area contributed by atoms with Crippen LogP contribution < -0.4 is 10.1 Å². The molecule has 2 rings (SSSR count). The Morgan fingerprint density at radius 3 is 2.58 bits per heavy atom. The average molecular weight is 257 g/mol. The molecule has 0 radical (unpaired) electrons. The summed E-state index contributed by atoms with van der Waals surface area (Å²) in [5.74, 6) is 0.0461. The van der Waals surface area contributed by atoms with Gasteiger partial charge in [-0.05, 0) is 30.7 Å². The molecule has 2 N–H and O–H groups in total. The van der Waals surface area contributed by atoms with Crippen molar-refractivity contribution in [2.24, 2.45) is 0 Å². The van der Waals surface area contributed by atoms with Crippen LogP contribution in [0, 0.1) is 6.92 Å². The van der Waals surface area contributed by atoms with Gasteiger partial charge < -0.3 is 15.2 Å². The lowest BCUT2D eigenvalue weighted by atomic mass is 10.1. The van der Waals surface area contributed by atoms with Gasteiger partial charge in [0, 0.05) is 11.8 Å². The minimum atomic E-state index is -0.352. The minimum Gasteiger partial charge on any atom is -0.507 e. The number of rotatable bonds is 3. The Bertz CT molecular complexity index is 608. The lowest BCUT2D eigenvalue weighted by molar-refractivity contribution is 0.102. The number of para-hydroxylation sites is 1. The largest absolute Gasteiger partial charge is 0.507 e. The van der Waals surface area contributed by atoms with E-state index in [-0.39, 0.29) is 17.2 Å². The number of carbonyl (C=O) groups is 1. The molecule has 1 amide bonds. The van der Waals surface area contributed by atoms with E-state index in [1.54, 1.807) is 6.07 Å². The summed E-state index contributed by atoms with van der Waals surface area (Å²) in [7, 11) is 1.50. The average Bonchev–Trinajstić information content (AvgIpc) is 2.41. The van der Waals surface area contributed by atoms with E-state index in [9.17, 15) is 9.90 Å². The van der Waals surface area contributed by atoms with Crippen molar-refractivity contribution < 1.29 is 14.6 Å². The summed E-state index contributed by atoms with van der Waals surface area (Å²) in [5, 5.41) is 12.6. The van der Waals surface area contributed by atoms with Crippen molar-refractivity contribution in [2.75, 3.05) is 12.4 Å². The Morgan fingerprint density at radius 2 is 1.95 bits per heavy atom. The Hall–Kier alpha value is -2.49. The summed E-state index contributed by atoms with van der Waals surface area (Å²) in [6.45, 7) is 1.91. The van der Waals surface area contributed by atoms with E-state index in [1.165, 1.54) is 19.2 Å². The molecular formula is C15H15NO3. The number of anilines is 1. The van der Waals surface area contributed by atoms with Crippen molar-refractivity contribution in [3.8, 4) is 11.5 Å². The fourth-order valence-corrected chi connectivity index (χ4v) is 1.73. The number of ether oxygens (including phenoxy) is 1. The third-order valence-electron chi connectivity index (χ3n) is 2.84. The second-order valence-corrected chi connectivity index (χ2v) is 4.15. The Balaban J connectivity index is 2.23. The number of phenols is 1. The zero-order valence-electron chi connectivity index (χ0n) is 10.8. The van der Waals surface area contributed by atoms with Crippen LogP contribution in [0.2, 0.25) is 0 Å². The van der Waals surface area contributed by atoms with E-state index in [0.717, 1.165) is 11.3 Å². The Kier molecular flexibility index (Phi) is 3.71. The SMILES string of the molecule is COc1ccc(C(=O)Nc2ccccc2C)c(O)c1. The quantitative estimate of drug-likeness (QED) is 0.888. The van der Waals surface area contributed by atoms with Crippen LogP contribution in [-0.2, 0) is 0 Å². The van der Waals surface area contributed by atoms with Gasteiger partial charge in [0.05, 0.1) is 12.7 Å². The van der Waals surface area contributed by atoms with Crippen molar-refractivity contribution >= 4 is 11.6 Å². The fraction of sp³-hybridized carbons (Fsp3) is 0.133. The molecular weight excluding hydrogens is 242 g/mol. The molecule has 0 heterocycles. The molecule has 0 saturated heterocycles. The van der Waals surface area contributed by atoms with Crippen molar-refractivity contribution in [1.82, 2.24) is 0 Å². The number of aromatic hydroxyl groups is 1. The first-order chi connectivity index (χ1) is 9.11. The van der Waals surface area contributed by atoms with Gasteiger partial charge in [-0.3, -0.25) is 4.79 Å². The fourth-order valence-electron chi connectivity index (χ4n) is 1.73. The lowest BCUT2D eigenvalue weighted by Crippen LogP contribution is -2.12. The van der Waals surface area contributed by atoms with Gasteiger partial charge in [-0.15, -0.1) is 0 Å². The van der Waals surface area contributed by atoms with Crippen molar-refractivity contribution in [3.05, 3.63) is 53.6 Å². The predicted molar refractivity (Wildman–Crippen MR) is 73.8 cm³/mol. The van der Waals surface area contributed by atoms with Crippen molar-refractivity contribution in [1.29, 1.82) is 0 Å². The van der Waals surface area contributed by atoms with Crippen LogP contribution in [0.3, 0.4) is 0 Å². The van der Waals surface area contributed by atoms with Crippen LogP contribution in [0.4, 0.5) is 5.69 Å². The molecule has 0 saturated carbocycles. The van der Waals surface area contributed by atoms with E-state index in [0.29, 0.717) is 5.75 Å². The Labute approximate surface area is 111 Å². The monoisotopic (exact) mass is 257 g/mol. The number of hydrogen-bond acceptors (Lipinski definition) is 3. The first kappa shape index (κ1) is 13.0. The molecule has 4 heteroatoms. The van der Waals surface area contributed by atoms with Crippen molar-refractivity contribution in [3.63, 3.8) is 0 Å². The summed E-state index contributed by atoms with van der Waals surface area (Å²) in [6, 6.07) is 12.0. The number of aryl methyl sites for hydroxylation is 1. The molecule has 98 valence electrons. The maximum atomic E-state index is 12.1. The minimum absolute atomic E-state index is 0.106. The summed E-state index contributed by atoms with van der Waals surface area (Å²) < 4.78 is 4.98. The molecule has 4 nitrogen and oxygen atoms in total. The van der Waals surface area contributed by atoms with Crippen LogP contribution in [0.5, 0.6) is 11.5 Å². The number of carbonyl (C=O) groups excluding carboxylic acids is 1. The van der Waals surface area contributed by atoms with Gasteiger partial charge >= 0.3 is 0 Å².